The van der Waals surface area contributed by atoms with E-state index in [0.717, 1.165) is 35.3 Å². The summed E-state index contributed by atoms with van der Waals surface area (Å²) < 4.78 is 14.4. The summed E-state index contributed by atoms with van der Waals surface area (Å²) in [5, 5.41) is 22.5. The number of benzene rings is 2. The zero-order valence-corrected chi connectivity index (χ0v) is 21.0. The van der Waals surface area contributed by atoms with E-state index >= 15 is 0 Å². The molecule has 0 bridgehead atoms. The van der Waals surface area contributed by atoms with Gasteiger partial charge in [0.2, 0.25) is 0 Å². The molecule has 2 aliphatic carbocycles. The molecule has 190 valence electrons. The number of ether oxygens (including phenoxy) is 2. The number of hydrogen-bond donors (Lipinski definition) is 1. The fourth-order valence-corrected chi connectivity index (χ4v) is 8.06. The van der Waals surface area contributed by atoms with E-state index in [1.54, 1.807) is 0 Å². The Labute approximate surface area is 216 Å². The Morgan fingerprint density at radius 3 is 2.84 bits per heavy atom. The van der Waals surface area contributed by atoms with E-state index in [0.29, 0.717) is 39.0 Å². The van der Waals surface area contributed by atoms with E-state index in [1.807, 2.05) is 11.0 Å². The summed E-state index contributed by atoms with van der Waals surface area (Å²) in [5.41, 5.74) is 4.27. The summed E-state index contributed by atoms with van der Waals surface area (Å²) in [6.45, 7) is 1.67. The van der Waals surface area contributed by atoms with Gasteiger partial charge in [-0.1, -0.05) is 36.4 Å². The van der Waals surface area contributed by atoms with Crippen molar-refractivity contribution < 1.29 is 19.4 Å². The van der Waals surface area contributed by atoms with Gasteiger partial charge in [-0.05, 0) is 61.1 Å². The number of rotatable bonds is 1. The van der Waals surface area contributed by atoms with Crippen molar-refractivity contribution in [3.63, 3.8) is 0 Å². The van der Waals surface area contributed by atoms with Crippen LogP contribution in [0.1, 0.15) is 48.6 Å². The number of nitriles is 1. The Morgan fingerprint density at radius 2 is 2.00 bits per heavy atom. The predicted octanol–water partition coefficient (Wildman–Crippen LogP) is 4.25. The van der Waals surface area contributed by atoms with Crippen LogP contribution < -0.4 is 0 Å². The number of aliphatic hydroxyl groups is 1. The van der Waals surface area contributed by atoms with Crippen LogP contribution in [0.15, 0.2) is 48.5 Å². The summed E-state index contributed by atoms with van der Waals surface area (Å²) >= 11 is 0. The molecular weight excluding hydrogens is 466 g/mol. The molecule has 37 heavy (non-hydrogen) atoms. The maximum Gasteiger partial charge on any atom is 0.315 e. The highest BCUT2D eigenvalue weighted by atomic mass is 16.5. The summed E-state index contributed by atoms with van der Waals surface area (Å²) in [4.78, 5) is 15.2. The van der Waals surface area contributed by atoms with E-state index in [-0.39, 0.29) is 18.0 Å². The number of carbonyl (C=O) groups is 1. The largest absolute Gasteiger partial charge is 0.468 e. The molecule has 7 heteroatoms. The number of methoxy groups -OCH3 is 1. The minimum absolute atomic E-state index is 0.100. The molecule has 3 heterocycles. The van der Waals surface area contributed by atoms with Crippen LogP contribution in [0.2, 0.25) is 0 Å². The summed E-state index contributed by atoms with van der Waals surface area (Å²) in [7, 11) is 1.41. The topological polar surface area (TPSA) is 87.7 Å². The maximum atomic E-state index is 13.3. The summed E-state index contributed by atoms with van der Waals surface area (Å²) in [6, 6.07) is 16.8. The van der Waals surface area contributed by atoms with E-state index in [1.165, 1.54) is 18.1 Å². The molecule has 2 saturated carbocycles. The number of esters is 1. The first-order valence-electron chi connectivity index (χ1n) is 13.3. The van der Waals surface area contributed by atoms with Gasteiger partial charge in [-0.3, -0.25) is 4.79 Å². The van der Waals surface area contributed by atoms with Crippen molar-refractivity contribution >= 4 is 16.9 Å². The average molecular weight is 498 g/mol. The van der Waals surface area contributed by atoms with Crippen LogP contribution in [0.5, 0.6) is 0 Å². The van der Waals surface area contributed by atoms with Crippen molar-refractivity contribution in [1.29, 1.82) is 5.26 Å². The van der Waals surface area contributed by atoms with E-state index < -0.39 is 16.9 Å². The van der Waals surface area contributed by atoms with Crippen molar-refractivity contribution in [2.24, 2.45) is 16.7 Å². The van der Waals surface area contributed by atoms with E-state index in [9.17, 15) is 15.2 Å². The molecule has 3 aromatic rings. The molecule has 0 amide bonds. The number of hydrogen-bond acceptors (Lipinski definition) is 6. The molecule has 0 saturated heterocycles. The first-order valence-corrected chi connectivity index (χ1v) is 13.3. The van der Waals surface area contributed by atoms with Gasteiger partial charge in [-0.25, -0.2) is 0 Å². The molecule has 7 nitrogen and oxygen atoms in total. The number of carbonyl (C=O) groups excluding carboxylic acids is 1. The number of nitrogens with zero attached hydrogens (tertiary/aromatic N) is 3. The Hall–Kier alpha value is -3.34. The third-order valence-corrected chi connectivity index (χ3v) is 9.81. The highest BCUT2D eigenvalue weighted by Gasteiger charge is 2.79. The highest BCUT2D eigenvalue weighted by molar-refractivity contribution is 5.88. The first-order chi connectivity index (χ1) is 18.0. The van der Waals surface area contributed by atoms with Gasteiger partial charge in [0.05, 0.1) is 42.8 Å². The standard InChI is InChI=1S/C30H31N3O4/c1-36-28(35)30-17-29(30)14-25-27-22(12-13-32(18-31)15-20(29)10-11-26(30)34)21-7-3-5-9-24(21)33(27)23-8-4-2-6-19(23)16-37-25/h2-9,20,25-26,34H,10-17H2,1H3/t20-,25?,26-,29+,30-/m0/s1. The van der Waals surface area contributed by atoms with Crippen LogP contribution >= 0.6 is 0 Å². The van der Waals surface area contributed by atoms with Crippen LogP contribution in [0, 0.1) is 28.2 Å². The molecule has 1 N–H and O–H groups in total. The summed E-state index contributed by atoms with van der Waals surface area (Å²) in [6.07, 6.45) is 4.67. The second-order valence-electron chi connectivity index (χ2n) is 11.2. The lowest BCUT2D eigenvalue weighted by Gasteiger charge is -2.42. The van der Waals surface area contributed by atoms with Gasteiger partial charge in [-0.15, -0.1) is 0 Å². The molecule has 0 radical (unpaired) electrons. The van der Waals surface area contributed by atoms with Crippen LogP contribution in [0.3, 0.4) is 0 Å². The Morgan fingerprint density at radius 1 is 1.19 bits per heavy atom. The second kappa shape index (κ2) is 8.08. The van der Waals surface area contributed by atoms with Crippen LogP contribution in [-0.4, -0.2) is 46.8 Å². The molecule has 1 aromatic heterocycles. The molecule has 1 unspecified atom stereocenters. The molecule has 2 aromatic carbocycles. The SMILES string of the molecule is COC(=O)[C@@]12C[C@@]13CC1OCc4ccccc4-n4c1c(c1ccccc14)CCN(C#N)C[C@@H]3CC[C@@H]2O. The lowest BCUT2D eigenvalue weighted by molar-refractivity contribution is -0.159. The Balaban J connectivity index is 1.47. The predicted molar refractivity (Wildman–Crippen MR) is 137 cm³/mol. The van der Waals surface area contributed by atoms with Crippen LogP contribution in [-0.2, 0) is 27.3 Å². The molecule has 2 aliphatic heterocycles. The van der Waals surface area contributed by atoms with Crippen molar-refractivity contribution in [2.75, 3.05) is 20.2 Å². The van der Waals surface area contributed by atoms with Gasteiger partial charge in [0.15, 0.2) is 6.19 Å². The summed E-state index contributed by atoms with van der Waals surface area (Å²) in [5.74, 6) is -0.230. The smallest absolute Gasteiger partial charge is 0.315 e. The van der Waals surface area contributed by atoms with Gasteiger partial charge in [0, 0.05) is 24.0 Å². The lowest BCUT2D eigenvalue weighted by atomic mass is 9.67. The minimum atomic E-state index is -0.940. The average Bonchev–Trinajstić information content (AvgIpc) is 3.56. The van der Waals surface area contributed by atoms with Gasteiger partial charge in [-0.2, -0.15) is 5.26 Å². The van der Waals surface area contributed by atoms with E-state index in [2.05, 4.69) is 53.2 Å². The van der Waals surface area contributed by atoms with Crippen LogP contribution in [0.25, 0.3) is 16.6 Å². The molecule has 5 atom stereocenters. The van der Waals surface area contributed by atoms with Crippen molar-refractivity contribution in [2.45, 2.75) is 50.9 Å². The lowest BCUT2D eigenvalue weighted by Crippen LogP contribution is -2.47. The monoisotopic (exact) mass is 497 g/mol. The van der Waals surface area contributed by atoms with Crippen molar-refractivity contribution in [3.05, 3.63) is 65.4 Å². The van der Waals surface area contributed by atoms with E-state index in [4.69, 9.17) is 9.47 Å². The number of aromatic nitrogens is 1. The van der Waals surface area contributed by atoms with Gasteiger partial charge < -0.3 is 24.0 Å². The quantitative estimate of drug-likeness (QED) is 0.400. The molecule has 1 spiro atoms. The third kappa shape index (κ3) is 2.97. The van der Waals surface area contributed by atoms with Gasteiger partial charge in [0.25, 0.3) is 0 Å². The fraction of sp³-hybridized carbons (Fsp3) is 0.467. The fourth-order valence-electron chi connectivity index (χ4n) is 8.06. The van der Waals surface area contributed by atoms with Crippen molar-refractivity contribution in [3.8, 4) is 11.9 Å². The number of fused-ring (bicyclic) bond motifs is 5. The second-order valence-corrected chi connectivity index (χ2v) is 11.2. The number of para-hydroxylation sites is 2. The van der Waals surface area contributed by atoms with Crippen LogP contribution in [0.4, 0.5) is 0 Å². The van der Waals surface area contributed by atoms with Gasteiger partial charge >= 0.3 is 5.97 Å². The molecular formula is C30H31N3O4. The third-order valence-electron chi connectivity index (χ3n) is 9.81. The maximum absolute atomic E-state index is 13.3. The number of aliphatic hydroxyl groups excluding tert-OH is 1. The molecule has 7 rings (SSSR count). The van der Waals surface area contributed by atoms with Gasteiger partial charge in [0.1, 0.15) is 5.41 Å². The molecule has 4 aliphatic rings. The minimum Gasteiger partial charge on any atom is -0.468 e. The molecule has 2 fully saturated rings. The normalized spacial score (nSPS) is 32.1. The zero-order valence-electron chi connectivity index (χ0n) is 21.0. The highest BCUT2D eigenvalue weighted by Crippen LogP contribution is 2.77. The van der Waals surface area contributed by atoms with Crippen molar-refractivity contribution in [1.82, 2.24) is 9.47 Å². The Kier molecular flexibility index (Phi) is 4.98. The Bertz CT molecular complexity index is 1460. The zero-order chi connectivity index (χ0) is 25.4. The first kappa shape index (κ1) is 22.8.